The van der Waals surface area contributed by atoms with Crippen molar-refractivity contribution in [2.24, 2.45) is 0 Å². The molecule has 0 heterocycles. The van der Waals surface area contributed by atoms with Crippen molar-refractivity contribution in [1.29, 1.82) is 0 Å². The van der Waals surface area contributed by atoms with Gasteiger partial charge in [0.25, 0.3) is 0 Å². The van der Waals surface area contributed by atoms with E-state index in [1.54, 1.807) is 0 Å². The van der Waals surface area contributed by atoms with E-state index < -0.39 is 15.2 Å². The van der Waals surface area contributed by atoms with Crippen LogP contribution in [0.1, 0.15) is 6.92 Å². The second-order valence-electron chi connectivity index (χ2n) is 1.88. The van der Waals surface area contributed by atoms with Gasteiger partial charge in [0.1, 0.15) is 0 Å². The van der Waals surface area contributed by atoms with Gasteiger partial charge in [0.2, 0.25) is 0 Å². The molecule has 10 heavy (non-hydrogen) atoms. The van der Waals surface area contributed by atoms with Gasteiger partial charge in [-0.05, 0) is 6.92 Å². The lowest BCUT2D eigenvalue weighted by Gasteiger charge is -2.55. The summed E-state index contributed by atoms with van der Waals surface area (Å²) in [5.74, 6) is 0. The van der Waals surface area contributed by atoms with Crippen LogP contribution in [0.15, 0.2) is 0 Å². The van der Waals surface area contributed by atoms with Crippen LogP contribution in [0.25, 0.3) is 0 Å². The molecule has 0 aromatic heterocycles. The first-order chi connectivity index (χ1) is 4.45. The van der Waals surface area contributed by atoms with Crippen molar-refractivity contribution in [2.75, 3.05) is 13.7 Å². The largest absolute Gasteiger partial charge is 0.861 e. The molecular weight excluding hydrogens is 156 g/mol. The highest BCUT2D eigenvalue weighted by molar-refractivity contribution is 6.42. The van der Waals surface area contributed by atoms with Gasteiger partial charge in [-0.25, -0.2) is 0 Å². The molecule has 0 N–H and O–H groups in total. The highest BCUT2D eigenvalue weighted by Gasteiger charge is 1.98. The molecule has 62 valence electrons. The van der Waals surface area contributed by atoms with Gasteiger partial charge in [-0.15, -0.1) is 9.05 Å². The Labute approximate surface area is 60.3 Å². The highest BCUT2D eigenvalue weighted by Crippen LogP contribution is 1.90. The van der Waals surface area contributed by atoms with Gasteiger partial charge >= 0.3 is 0 Å². The summed E-state index contributed by atoms with van der Waals surface area (Å²) in [7, 11) is -3.70. The van der Waals surface area contributed by atoms with Crippen molar-refractivity contribution in [3.8, 4) is 0 Å². The topological polar surface area (TPSA) is 87.6 Å². The number of rotatable bonds is 4. The second-order valence-corrected chi connectivity index (χ2v) is 3.12. The van der Waals surface area contributed by atoms with Crippen molar-refractivity contribution >= 4 is 9.05 Å². The van der Waals surface area contributed by atoms with Crippen molar-refractivity contribution < 1.29 is 23.5 Å². The summed E-state index contributed by atoms with van der Waals surface area (Å²) in [6.07, 6.45) is -0.691. The first kappa shape index (κ1) is 10.0. The molecule has 6 heteroatoms. The van der Waals surface area contributed by atoms with Crippen molar-refractivity contribution in [3.63, 3.8) is 0 Å². The van der Waals surface area contributed by atoms with Gasteiger partial charge < -0.3 is 23.5 Å². The molecule has 0 saturated carbocycles. The summed E-state index contributed by atoms with van der Waals surface area (Å²) < 4.78 is 8.56. The Balaban J connectivity index is 3.47. The van der Waals surface area contributed by atoms with Gasteiger partial charge in [0.05, 0.1) is 12.7 Å². The summed E-state index contributed by atoms with van der Waals surface area (Å²) in [4.78, 5) is 29.8. The third-order valence-corrected chi connectivity index (χ3v) is 1.44. The Kier molecular flexibility index (Phi) is 4.02. The fourth-order valence-electron chi connectivity index (χ4n) is 0.515. The van der Waals surface area contributed by atoms with E-state index in [0.29, 0.717) is 0 Å². The van der Waals surface area contributed by atoms with Gasteiger partial charge in [0, 0.05) is 7.11 Å². The van der Waals surface area contributed by atoms with Crippen LogP contribution < -0.4 is 14.4 Å². The predicted molar refractivity (Wildman–Crippen MR) is 28.2 cm³/mol. The van der Waals surface area contributed by atoms with Crippen LogP contribution in [0.2, 0.25) is 0 Å². The van der Waals surface area contributed by atoms with E-state index in [4.69, 9.17) is 0 Å². The molecule has 0 fully saturated rings. The van der Waals surface area contributed by atoms with E-state index in [1.165, 1.54) is 14.0 Å². The van der Waals surface area contributed by atoms with Crippen LogP contribution in [0.4, 0.5) is 0 Å². The van der Waals surface area contributed by atoms with Crippen LogP contribution in [-0.4, -0.2) is 28.9 Å². The molecule has 0 amide bonds. The van der Waals surface area contributed by atoms with Gasteiger partial charge in [0.15, 0.2) is 0 Å². The lowest BCUT2D eigenvalue weighted by Crippen LogP contribution is -2.76. The van der Waals surface area contributed by atoms with Crippen molar-refractivity contribution in [3.05, 3.63) is 0 Å². The van der Waals surface area contributed by atoms with Crippen molar-refractivity contribution in [1.82, 2.24) is 0 Å². The summed E-state index contributed by atoms with van der Waals surface area (Å²) >= 11 is 0. The van der Waals surface area contributed by atoms with E-state index in [2.05, 4.69) is 9.16 Å². The third kappa shape index (κ3) is 6.14. The molecule has 1 atom stereocenters. The molecular formula is C4H9O5Si-3. The number of methoxy groups -OCH3 is 1. The van der Waals surface area contributed by atoms with E-state index >= 15 is 0 Å². The summed E-state index contributed by atoms with van der Waals surface area (Å²) in [6.45, 7) is 1.54. The maximum atomic E-state index is 9.94. The minimum atomic E-state index is -5.09. The molecule has 0 radical (unpaired) electrons. The van der Waals surface area contributed by atoms with E-state index in [9.17, 15) is 14.4 Å². The summed E-state index contributed by atoms with van der Waals surface area (Å²) in [5, 5.41) is 0. The van der Waals surface area contributed by atoms with E-state index in [0.717, 1.165) is 0 Å². The minimum Gasteiger partial charge on any atom is -0.861 e. The standard InChI is InChI=1S/C4H9O5Si/c1-4(3-8-2)9-10(5,6)7/h4H,3H2,1-2H3/q-3. The van der Waals surface area contributed by atoms with Gasteiger partial charge in [-0.2, -0.15) is 0 Å². The zero-order chi connectivity index (χ0) is 8.20. The Morgan fingerprint density at radius 2 is 1.90 bits per heavy atom. The second kappa shape index (κ2) is 4.01. The predicted octanol–water partition coefficient (Wildman–Crippen LogP) is -3.45. The SMILES string of the molecule is COCC(C)O[Si]([O-])([O-])[O-]. The lowest BCUT2D eigenvalue weighted by molar-refractivity contribution is -0.544. The fraction of sp³-hybridized carbons (Fsp3) is 1.00. The molecule has 0 saturated heterocycles. The maximum Gasteiger partial charge on any atom is 0.0707 e. The van der Waals surface area contributed by atoms with Crippen LogP contribution >= 0.6 is 0 Å². The number of hydrogen-bond acceptors (Lipinski definition) is 5. The molecule has 0 aliphatic carbocycles. The molecule has 5 nitrogen and oxygen atoms in total. The van der Waals surface area contributed by atoms with Crippen LogP contribution in [0.5, 0.6) is 0 Å². The molecule has 0 rings (SSSR count). The highest BCUT2D eigenvalue weighted by atomic mass is 28.4. The molecule has 0 aliphatic heterocycles. The summed E-state index contributed by atoms with van der Waals surface area (Å²) in [5.41, 5.74) is 0. The Hall–Kier alpha value is 0.0169. The maximum absolute atomic E-state index is 9.94. The zero-order valence-corrected chi connectivity index (χ0v) is 6.83. The fourth-order valence-corrected chi connectivity index (χ4v) is 1.08. The van der Waals surface area contributed by atoms with Crippen LogP contribution in [-0.2, 0) is 9.16 Å². The average Bonchev–Trinajstić information content (AvgIpc) is 1.59. The first-order valence-electron chi connectivity index (χ1n) is 2.73. The molecule has 1 unspecified atom stereocenters. The molecule has 0 aromatic carbocycles. The van der Waals surface area contributed by atoms with Gasteiger partial charge in [-0.1, -0.05) is 0 Å². The Bertz CT molecular complexity index is 90.1. The third-order valence-electron chi connectivity index (χ3n) is 0.747. The monoisotopic (exact) mass is 165 g/mol. The van der Waals surface area contributed by atoms with E-state index in [-0.39, 0.29) is 6.61 Å². The van der Waals surface area contributed by atoms with Gasteiger partial charge in [-0.3, -0.25) is 0 Å². The normalized spacial score (nSPS) is 15.3. The molecule has 0 aromatic rings. The molecule has 0 aliphatic rings. The Morgan fingerprint density at radius 3 is 2.20 bits per heavy atom. The van der Waals surface area contributed by atoms with Crippen LogP contribution in [0, 0.1) is 0 Å². The average molecular weight is 165 g/mol. The zero-order valence-electron chi connectivity index (χ0n) is 5.83. The number of hydrogen-bond donors (Lipinski definition) is 0. The molecule has 0 spiro atoms. The van der Waals surface area contributed by atoms with Crippen LogP contribution in [0.3, 0.4) is 0 Å². The smallest absolute Gasteiger partial charge is 0.0707 e. The summed E-state index contributed by atoms with van der Waals surface area (Å²) in [6, 6.07) is 0. The quantitative estimate of drug-likeness (QED) is 0.404. The number of ether oxygens (including phenoxy) is 1. The first-order valence-corrected chi connectivity index (χ1v) is 4.37. The van der Waals surface area contributed by atoms with E-state index in [1.807, 2.05) is 0 Å². The Morgan fingerprint density at radius 1 is 1.40 bits per heavy atom. The minimum absolute atomic E-state index is 0.0987. The molecule has 0 bridgehead atoms. The lowest BCUT2D eigenvalue weighted by atomic mass is 10.5. The van der Waals surface area contributed by atoms with Crippen molar-refractivity contribution in [2.45, 2.75) is 13.0 Å².